The van der Waals surface area contributed by atoms with E-state index in [4.69, 9.17) is 5.73 Å². The molecule has 0 aliphatic heterocycles. The molecular formula is C13H17N5OS. The van der Waals surface area contributed by atoms with Crippen molar-refractivity contribution in [1.82, 2.24) is 15.2 Å². The Morgan fingerprint density at radius 2 is 2.25 bits per heavy atom. The summed E-state index contributed by atoms with van der Waals surface area (Å²) in [5.41, 5.74) is 8.44. The molecule has 1 unspecified atom stereocenters. The van der Waals surface area contributed by atoms with Crippen LogP contribution in [0.3, 0.4) is 0 Å². The van der Waals surface area contributed by atoms with E-state index in [1.54, 1.807) is 13.0 Å². The predicted octanol–water partition coefficient (Wildman–Crippen LogP) is 2.08. The molecule has 2 aromatic rings. The third-order valence-electron chi connectivity index (χ3n) is 2.78. The van der Waals surface area contributed by atoms with Crippen LogP contribution in [0.4, 0.5) is 5.13 Å². The average molecular weight is 291 g/mol. The van der Waals surface area contributed by atoms with Crippen molar-refractivity contribution in [2.75, 3.05) is 5.32 Å². The summed E-state index contributed by atoms with van der Waals surface area (Å²) in [6, 6.07) is 1.59. The fourth-order valence-electron chi connectivity index (χ4n) is 1.69. The van der Waals surface area contributed by atoms with Crippen LogP contribution in [0.25, 0.3) is 0 Å². The number of hydrogen-bond donors (Lipinski definition) is 2. The number of rotatable bonds is 4. The van der Waals surface area contributed by atoms with E-state index in [0.717, 1.165) is 5.69 Å². The van der Waals surface area contributed by atoms with E-state index >= 15 is 0 Å². The lowest BCUT2D eigenvalue weighted by atomic mass is 10.1. The van der Waals surface area contributed by atoms with Gasteiger partial charge in [-0.05, 0) is 26.3 Å². The topological polar surface area (TPSA) is 93.8 Å². The van der Waals surface area contributed by atoms with Gasteiger partial charge in [-0.2, -0.15) is 10.2 Å². The minimum Gasteiger partial charge on any atom is -0.323 e. The van der Waals surface area contributed by atoms with E-state index < -0.39 is 0 Å². The maximum atomic E-state index is 12.3. The van der Waals surface area contributed by atoms with Gasteiger partial charge in [-0.1, -0.05) is 6.92 Å². The Morgan fingerprint density at radius 3 is 2.85 bits per heavy atom. The predicted molar refractivity (Wildman–Crippen MR) is 78.8 cm³/mol. The number of anilines is 1. The minimum atomic E-state index is -0.217. The smallest absolute Gasteiger partial charge is 0.259 e. The average Bonchev–Trinajstić information content (AvgIpc) is 2.87. The maximum absolute atomic E-state index is 12.3. The first-order valence-corrected chi connectivity index (χ1v) is 7.24. The fourth-order valence-corrected chi connectivity index (χ4v) is 2.50. The summed E-state index contributed by atoms with van der Waals surface area (Å²) in [6.07, 6.45) is 0.652. The van der Waals surface area contributed by atoms with Crippen LogP contribution in [0.15, 0.2) is 11.4 Å². The number of nitrogens with zero attached hydrogens (tertiary/aromatic N) is 3. The van der Waals surface area contributed by atoms with Gasteiger partial charge in [0.05, 0.1) is 22.6 Å². The minimum absolute atomic E-state index is 0.145. The Morgan fingerprint density at radius 1 is 1.50 bits per heavy atom. The van der Waals surface area contributed by atoms with Crippen molar-refractivity contribution in [3.63, 3.8) is 0 Å². The lowest BCUT2D eigenvalue weighted by molar-refractivity contribution is 0.102. The molecule has 0 aliphatic carbocycles. The SMILES string of the molecule is CCc1nnc(C)cc1C(=O)Nc1nc(C(C)N)cs1. The highest BCUT2D eigenvalue weighted by molar-refractivity contribution is 7.14. The van der Waals surface area contributed by atoms with Crippen molar-refractivity contribution >= 4 is 22.4 Å². The third-order valence-corrected chi connectivity index (χ3v) is 3.56. The molecule has 0 aromatic carbocycles. The molecule has 106 valence electrons. The number of carbonyl (C=O) groups excluding carboxylic acids is 1. The Bertz CT molecular complexity index is 623. The van der Waals surface area contributed by atoms with Crippen molar-refractivity contribution in [1.29, 1.82) is 0 Å². The molecule has 0 radical (unpaired) electrons. The van der Waals surface area contributed by atoms with E-state index in [-0.39, 0.29) is 11.9 Å². The molecule has 2 rings (SSSR count). The molecule has 1 atom stereocenters. The fraction of sp³-hybridized carbons (Fsp3) is 0.385. The lowest BCUT2D eigenvalue weighted by Crippen LogP contribution is -2.16. The van der Waals surface area contributed by atoms with Gasteiger partial charge in [0.2, 0.25) is 0 Å². The number of carbonyl (C=O) groups is 1. The molecule has 0 saturated carbocycles. The quantitative estimate of drug-likeness (QED) is 0.899. The zero-order chi connectivity index (χ0) is 14.7. The van der Waals surface area contributed by atoms with Gasteiger partial charge in [-0.15, -0.1) is 11.3 Å². The van der Waals surface area contributed by atoms with Gasteiger partial charge in [-0.25, -0.2) is 4.98 Å². The molecule has 7 heteroatoms. The van der Waals surface area contributed by atoms with Gasteiger partial charge >= 0.3 is 0 Å². The molecule has 2 heterocycles. The summed E-state index contributed by atoms with van der Waals surface area (Å²) in [4.78, 5) is 16.6. The van der Waals surface area contributed by atoms with Crippen LogP contribution < -0.4 is 11.1 Å². The highest BCUT2D eigenvalue weighted by Crippen LogP contribution is 2.20. The molecule has 0 bridgehead atoms. The molecule has 0 saturated heterocycles. The highest BCUT2D eigenvalue weighted by Gasteiger charge is 2.15. The lowest BCUT2D eigenvalue weighted by Gasteiger charge is -2.06. The Balaban J connectivity index is 2.21. The molecule has 2 aromatic heterocycles. The molecule has 3 N–H and O–H groups in total. The maximum Gasteiger partial charge on any atom is 0.259 e. The van der Waals surface area contributed by atoms with Crippen LogP contribution in [0, 0.1) is 6.92 Å². The van der Waals surface area contributed by atoms with Crippen LogP contribution >= 0.6 is 11.3 Å². The van der Waals surface area contributed by atoms with Crippen molar-refractivity contribution in [3.05, 3.63) is 34.1 Å². The first kappa shape index (κ1) is 14.5. The van der Waals surface area contributed by atoms with E-state index in [2.05, 4.69) is 20.5 Å². The van der Waals surface area contributed by atoms with Crippen LogP contribution in [-0.4, -0.2) is 21.1 Å². The molecule has 20 heavy (non-hydrogen) atoms. The first-order chi connectivity index (χ1) is 9.51. The summed E-state index contributed by atoms with van der Waals surface area (Å²) >= 11 is 1.36. The molecule has 0 fully saturated rings. The monoisotopic (exact) mass is 291 g/mol. The number of aromatic nitrogens is 3. The van der Waals surface area contributed by atoms with E-state index in [0.29, 0.717) is 28.5 Å². The van der Waals surface area contributed by atoms with E-state index in [1.807, 2.05) is 19.2 Å². The van der Waals surface area contributed by atoms with Crippen LogP contribution in [0.1, 0.15) is 47.3 Å². The molecular weight excluding hydrogens is 274 g/mol. The molecule has 0 spiro atoms. The van der Waals surface area contributed by atoms with Gasteiger partial charge in [0.1, 0.15) is 0 Å². The number of aryl methyl sites for hydroxylation is 2. The number of nitrogens with two attached hydrogens (primary N) is 1. The number of nitrogens with one attached hydrogen (secondary N) is 1. The van der Waals surface area contributed by atoms with Gasteiger partial charge in [-0.3, -0.25) is 10.1 Å². The molecule has 1 amide bonds. The van der Waals surface area contributed by atoms with Crippen molar-refractivity contribution < 1.29 is 4.79 Å². The standard InChI is InChI=1S/C13H17N5OS/c1-4-10-9(5-7(2)17-18-10)12(19)16-13-15-11(6-20-13)8(3)14/h5-6,8H,4,14H2,1-3H3,(H,15,16,19). The second-order valence-electron chi connectivity index (χ2n) is 4.52. The van der Waals surface area contributed by atoms with Gasteiger partial charge in [0.15, 0.2) is 5.13 Å². The normalized spacial score (nSPS) is 12.2. The number of thiazole rings is 1. The van der Waals surface area contributed by atoms with Gasteiger partial charge in [0.25, 0.3) is 5.91 Å². The second kappa shape index (κ2) is 6.06. The first-order valence-electron chi connectivity index (χ1n) is 6.36. The summed E-state index contributed by atoms with van der Waals surface area (Å²) < 4.78 is 0. The van der Waals surface area contributed by atoms with E-state index in [1.165, 1.54) is 11.3 Å². The van der Waals surface area contributed by atoms with Crippen LogP contribution in [0.2, 0.25) is 0 Å². The summed E-state index contributed by atoms with van der Waals surface area (Å²) in [5, 5.41) is 13.2. The zero-order valence-electron chi connectivity index (χ0n) is 11.7. The second-order valence-corrected chi connectivity index (χ2v) is 5.38. The van der Waals surface area contributed by atoms with Gasteiger partial charge in [0, 0.05) is 11.4 Å². The van der Waals surface area contributed by atoms with E-state index in [9.17, 15) is 4.79 Å². The van der Waals surface area contributed by atoms with Crippen LogP contribution in [-0.2, 0) is 6.42 Å². The Hall–Kier alpha value is -1.86. The molecule has 6 nitrogen and oxygen atoms in total. The summed E-state index contributed by atoms with van der Waals surface area (Å²) in [5.74, 6) is -0.217. The van der Waals surface area contributed by atoms with Crippen LogP contribution in [0.5, 0.6) is 0 Å². The highest BCUT2D eigenvalue weighted by atomic mass is 32.1. The number of hydrogen-bond acceptors (Lipinski definition) is 6. The molecule has 0 aliphatic rings. The third kappa shape index (κ3) is 3.17. The summed E-state index contributed by atoms with van der Waals surface area (Å²) in [6.45, 7) is 5.60. The zero-order valence-corrected chi connectivity index (χ0v) is 12.5. The number of amides is 1. The summed E-state index contributed by atoms with van der Waals surface area (Å²) in [7, 11) is 0. The van der Waals surface area contributed by atoms with Crippen molar-refractivity contribution in [2.45, 2.75) is 33.2 Å². The largest absolute Gasteiger partial charge is 0.323 e. The van der Waals surface area contributed by atoms with Crippen molar-refractivity contribution in [3.8, 4) is 0 Å². The Labute approximate surface area is 121 Å². The Kier molecular flexibility index (Phi) is 4.41. The van der Waals surface area contributed by atoms with Crippen molar-refractivity contribution in [2.24, 2.45) is 5.73 Å². The van der Waals surface area contributed by atoms with Gasteiger partial charge < -0.3 is 5.73 Å².